The van der Waals surface area contributed by atoms with Crippen LogP contribution < -0.4 is 5.73 Å². The van der Waals surface area contributed by atoms with E-state index in [1.807, 2.05) is 0 Å². The number of carbonyl (C=O) groups excluding carboxylic acids is 1. The lowest BCUT2D eigenvalue weighted by atomic mass is 10.0. The average molecular weight is 902 g/mol. The van der Waals surface area contributed by atoms with Crippen molar-refractivity contribution in [3.8, 4) is 0 Å². The summed E-state index contributed by atoms with van der Waals surface area (Å²) >= 11 is 0. The molecule has 0 aliphatic carbocycles. The lowest BCUT2D eigenvalue weighted by molar-refractivity contribution is -0.154. The molecule has 0 bridgehead atoms. The quantitative estimate of drug-likeness (QED) is 0.0352. The van der Waals surface area contributed by atoms with Gasteiger partial charge in [0.25, 0.3) is 0 Å². The first-order chi connectivity index (χ1) is 30.4. The van der Waals surface area contributed by atoms with E-state index in [0.717, 1.165) is 32.1 Å². The van der Waals surface area contributed by atoms with E-state index in [1.54, 1.807) is 0 Å². The zero-order chi connectivity index (χ0) is 45.1. The lowest BCUT2D eigenvalue weighted by Crippen LogP contribution is -2.28. The highest BCUT2D eigenvalue weighted by molar-refractivity contribution is 7.47. The molecule has 0 saturated carbocycles. The largest absolute Gasteiger partial charge is 0.472 e. The first kappa shape index (κ1) is 61.5. The van der Waals surface area contributed by atoms with E-state index in [1.165, 1.54) is 244 Å². The van der Waals surface area contributed by atoms with Gasteiger partial charge in [-0.2, -0.15) is 0 Å². The molecule has 0 saturated heterocycles. The zero-order valence-electron chi connectivity index (χ0n) is 41.6. The van der Waals surface area contributed by atoms with Crippen LogP contribution in [0.15, 0.2) is 0 Å². The van der Waals surface area contributed by atoms with Gasteiger partial charge in [0.1, 0.15) is 6.10 Å². The number of unbranched alkanes of at least 4 members (excludes halogenated alkanes) is 41. The number of phosphoric acid groups is 1. The van der Waals surface area contributed by atoms with Gasteiger partial charge in [0, 0.05) is 19.6 Å². The van der Waals surface area contributed by atoms with Gasteiger partial charge < -0.3 is 20.1 Å². The molecular weight excluding hydrogens is 794 g/mol. The summed E-state index contributed by atoms with van der Waals surface area (Å²) in [5.74, 6) is -0.319. The van der Waals surface area contributed by atoms with E-state index in [2.05, 4.69) is 13.8 Å². The van der Waals surface area contributed by atoms with Crippen LogP contribution >= 0.6 is 7.82 Å². The van der Waals surface area contributed by atoms with Gasteiger partial charge in [-0.25, -0.2) is 4.57 Å². The fourth-order valence-electron chi connectivity index (χ4n) is 8.47. The molecule has 0 rings (SSSR count). The Balaban J connectivity index is 3.82. The SMILES string of the molecule is CCCCCCCCCCCCCCCCCCCCCCCCCCCC(=O)O[C@H](COCCCCCCCCCCCCCCCCCCCC)COP(=O)(O)OCCN. The second-order valence-electron chi connectivity index (χ2n) is 18.8. The van der Waals surface area contributed by atoms with E-state index >= 15 is 0 Å². The third-order valence-corrected chi connectivity index (χ3v) is 13.5. The Morgan fingerprint density at radius 3 is 1.02 bits per heavy atom. The maximum atomic E-state index is 12.7. The highest BCUT2D eigenvalue weighted by atomic mass is 31.2. The minimum Gasteiger partial charge on any atom is -0.457 e. The van der Waals surface area contributed by atoms with Crippen molar-refractivity contribution in [3.63, 3.8) is 0 Å². The van der Waals surface area contributed by atoms with Crippen LogP contribution in [0.5, 0.6) is 0 Å². The number of esters is 1. The molecule has 62 heavy (non-hydrogen) atoms. The second-order valence-corrected chi connectivity index (χ2v) is 20.3. The molecule has 0 amide bonds. The molecule has 372 valence electrons. The Morgan fingerprint density at radius 1 is 0.419 bits per heavy atom. The topological polar surface area (TPSA) is 117 Å². The molecule has 0 aliphatic rings. The number of carbonyl (C=O) groups is 1. The first-order valence-corrected chi connectivity index (χ1v) is 29.0. The summed E-state index contributed by atoms with van der Waals surface area (Å²) in [4.78, 5) is 22.6. The van der Waals surface area contributed by atoms with Crippen molar-refractivity contribution in [2.45, 2.75) is 302 Å². The molecule has 9 heteroatoms. The number of hydrogen-bond acceptors (Lipinski definition) is 7. The van der Waals surface area contributed by atoms with Crippen LogP contribution in [0.3, 0.4) is 0 Å². The molecule has 8 nitrogen and oxygen atoms in total. The molecule has 3 N–H and O–H groups in total. The van der Waals surface area contributed by atoms with Crippen LogP contribution in [0.2, 0.25) is 0 Å². The van der Waals surface area contributed by atoms with Crippen molar-refractivity contribution in [2.24, 2.45) is 5.73 Å². The minimum absolute atomic E-state index is 0.0896. The molecule has 0 fully saturated rings. The third-order valence-electron chi connectivity index (χ3n) is 12.5. The molecule has 0 heterocycles. The molecule has 0 aliphatic heterocycles. The van der Waals surface area contributed by atoms with Crippen molar-refractivity contribution in [1.82, 2.24) is 0 Å². The highest BCUT2D eigenvalue weighted by Crippen LogP contribution is 2.43. The van der Waals surface area contributed by atoms with E-state index < -0.39 is 13.9 Å². The Kier molecular flexibility index (Phi) is 51.1. The summed E-state index contributed by atoms with van der Waals surface area (Å²) in [7, 11) is -4.28. The Labute approximate surface area is 386 Å². The van der Waals surface area contributed by atoms with Gasteiger partial charge in [-0.15, -0.1) is 0 Å². The summed E-state index contributed by atoms with van der Waals surface area (Å²) in [6, 6.07) is 0. The lowest BCUT2D eigenvalue weighted by Gasteiger charge is -2.20. The smallest absolute Gasteiger partial charge is 0.457 e. The van der Waals surface area contributed by atoms with Gasteiger partial charge in [-0.3, -0.25) is 13.8 Å². The van der Waals surface area contributed by atoms with Crippen molar-refractivity contribution in [3.05, 3.63) is 0 Å². The van der Waals surface area contributed by atoms with E-state index in [4.69, 9.17) is 24.3 Å². The summed E-state index contributed by atoms with van der Waals surface area (Å²) in [6.45, 7) is 5.02. The van der Waals surface area contributed by atoms with Gasteiger partial charge in [0.2, 0.25) is 0 Å². The molecule has 0 aromatic rings. The van der Waals surface area contributed by atoms with Gasteiger partial charge in [-0.05, 0) is 12.8 Å². The predicted molar refractivity (Wildman–Crippen MR) is 266 cm³/mol. The maximum absolute atomic E-state index is 12.7. The maximum Gasteiger partial charge on any atom is 0.472 e. The normalized spacial score (nSPS) is 13.2. The number of phosphoric ester groups is 1. The Morgan fingerprint density at radius 2 is 0.710 bits per heavy atom. The molecule has 0 aromatic heterocycles. The summed E-state index contributed by atoms with van der Waals surface area (Å²) < 4.78 is 33.6. The fourth-order valence-corrected chi connectivity index (χ4v) is 9.24. The number of hydrogen-bond donors (Lipinski definition) is 2. The van der Waals surface area contributed by atoms with Crippen molar-refractivity contribution >= 4 is 13.8 Å². The molecule has 2 atom stereocenters. The van der Waals surface area contributed by atoms with Crippen molar-refractivity contribution < 1.29 is 32.8 Å². The molecule has 0 aromatic carbocycles. The second kappa shape index (κ2) is 51.5. The van der Waals surface area contributed by atoms with Gasteiger partial charge in [0.05, 0.1) is 19.8 Å². The summed E-state index contributed by atoms with van der Waals surface area (Å²) in [5.41, 5.74) is 5.40. The van der Waals surface area contributed by atoms with Crippen LogP contribution in [0.4, 0.5) is 0 Å². The van der Waals surface area contributed by atoms with Gasteiger partial charge >= 0.3 is 13.8 Å². The fraction of sp³-hybridized carbons (Fsp3) is 0.981. The minimum atomic E-state index is -4.28. The molecular formula is C53H108NO7P. The molecule has 0 radical (unpaired) electrons. The third kappa shape index (κ3) is 50.5. The number of ether oxygens (including phenoxy) is 2. The number of rotatable bonds is 54. The highest BCUT2D eigenvalue weighted by Gasteiger charge is 2.25. The number of nitrogens with two attached hydrogens (primary N) is 1. The Hall–Kier alpha value is -0.500. The van der Waals surface area contributed by atoms with E-state index in [0.29, 0.717) is 13.0 Å². The average Bonchev–Trinajstić information content (AvgIpc) is 3.26. The summed E-state index contributed by atoms with van der Waals surface area (Å²) in [5, 5.41) is 0. The summed E-state index contributed by atoms with van der Waals surface area (Å²) in [6.07, 6.45) is 57.2. The standard InChI is InChI=1S/C53H108NO7P/c1-3-5-7-9-11-13-15-17-19-21-23-24-25-26-27-28-29-30-32-34-36-38-40-42-44-46-53(55)61-52(51-60-62(56,57)59-49-47-54)50-58-48-45-43-41-39-37-35-33-31-22-20-18-16-14-12-10-8-6-4-2/h52H,3-51,54H2,1-2H3,(H,56,57)/t52-/m1/s1. The molecule has 0 spiro atoms. The van der Waals surface area contributed by atoms with Crippen molar-refractivity contribution in [1.29, 1.82) is 0 Å². The Bertz CT molecular complexity index is 924. The van der Waals surface area contributed by atoms with Gasteiger partial charge in [0.15, 0.2) is 0 Å². The predicted octanol–water partition coefficient (Wildman–Crippen LogP) is 17.2. The van der Waals surface area contributed by atoms with Crippen molar-refractivity contribution in [2.75, 3.05) is 33.0 Å². The van der Waals surface area contributed by atoms with Gasteiger partial charge in [-0.1, -0.05) is 277 Å². The van der Waals surface area contributed by atoms with E-state index in [9.17, 15) is 14.3 Å². The van der Waals surface area contributed by atoms with Crippen LogP contribution in [0.25, 0.3) is 0 Å². The van der Waals surface area contributed by atoms with E-state index in [-0.39, 0.29) is 32.3 Å². The monoisotopic (exact) mass is 902 g/mol. The van der Waals surface area contributed by atoms with Crippen LogP contribution in [-0.2, 0) is 27.9 Å². The zero-order valence-corrected chi connectivity index (χ0v) is 42.5. The van der Waals surface area contributed by atoms with Crippen LogP contribution in [0, 0.1) is 0 Å². The van der Waals surface area contributed by atoms with Crippen LogP contribution in [0.1, 0.15) is 296 Å². The molecule has 1 unspecified atom stereocenters. The van der Waals surface area contributed by atoms with Crippen LogP contribution in [-0.4, -0.2) is 49.9 Å². The first-order valence-electron chi connectivity index (χ1n) is 27.5.